The molecule has 1 amide bonds. The third-order valence-electron chi connectivity index (χ3n) is 5.61. The molecule has 3 heterocycles. The molecule has 4 aromatic rings. The lowest BCUT2D eigenvalue weighted by molar-refractivity contribution is -0.140. The summed E-state index contributed by atoms with van der Waals surface area (Å²) in [5.41, 5.74) is 1.67. The number of hydrogen-bond acceptors (Lipinski definition) is 5. The SMILES string of the molecule is O=C1C(=O)N(Cc2ccccn2)C(c2ccccn2)/C1=C(/O)c1cccc2ccccc12. The van der Waals surface area contributed by atoms with Crippen molar-refractivity contribution >= 4 is 28.2 Å². The van der Waals surface area contributed by atoms with Gasteiger partial charge in [-0.1, -0.05) is 54.6 Å². The van der Waals surface area contributed by atoms with Gasteiger partial charge in [-0.3, -0.25) is 19.6 Å². The average molecular weight is 421 g/mol. The molecular formula is C26H19N3O3. The van der Waals surface area contributed by atoms with Crippen molar-refractivity contribution < 1.29 is 14.7 Å². The van der Waals surface area contributed by atoms with Crippen LogP contribution in [-0.2, 0) is 16.1 Å². The lowest BCUT2D eigenvalue weighted by Gasteiger charge is -2.24. The van der Waals surface area contributed by atoms with Crippen LogP contribution in [0.25, 0.3) is 16.5 Å². The van der Waals surface area contributed by atoms with Gasteiger partial charge in [-0.2, -0.15) is 0 Å². The zero-order chi connectivity index (χ0) is 22.1. The molecule has 0 aliphatic carbocycles. The van der Waals surface area contributed by atoms with Crippen LogP contribution in [0.2, 0.25) is 0 Å². The summed E-state index contributed by atoms with van der Waals surface area (Å²) in [6, 6.07) is 23.0. The van der Waals surface area contributed by atoms with E-state index in [0.29, 0.717) is 17.0 Å². The van der Waals surface area contributed by atoms with Crippen molar-refractivity contribution in [2.75, 3.05) is 0 Å². The Morgan fingerprint density at radius 2 is 1.56 bits per heavy atom. The second-order valence-corrected chi connectivity index (χ2v) is 7.53. The van der Waals surface area contributed by atoms with Gasteiger partial charge in [0.2, 0.25) is 0 Å². The number of aromatic nitrogens is 2. The number of rotatable bonds is 4. The van der Waals surface area contributed by atoms with Gasteiger partial charge in [0, 0.05) is 18.0 Å². The highest BCUT2D eigenvalue weighted by molar-refractivity contribution is 6.46. The number of nitrogens with zero attached hydrogens (tertiary/aromatic N) is 3. The number of fused-ring (bicyclic) bond motifs is 1. The fourth-order valence-corrected chi connectivity index (χ4v) is 4.13. The molecule has 1 fully saturated rings. The molecule has 1 aliphatic rings. The Balaban J connectivity index is 1.70. The van der Waals surface area contributed by atoms with Gasteiger partial charge in [0.15, 0.2) is 0 Å². The molecule has 2 aromatic carbocycles. The highest BCUT2D eigenvalue weighted by Crippen LogP contribution is 2.40. The highest BCUT2D eigenvalue weighted by atomic mass is 16.3. The second kappa shape index (κ2) is 8.07. The lowest BCUT2D eigenvalue weighted by Crippen LogP contribution is -2.29. The van der Waals surface area contributed by atoms with Crippen molar-refractivity contribution in [3.05, 3.63) is 114 Å². The smallest absolute Gasteiger partial charge is 0.296 e. The fourth-order valence-electron chi connectivity index (χ4n) is 4.13. The molecule has 1 N–H and O–H groups in total. The number of hydrogen-bond donors (Lipinski definition) is 1. The summed E-state index contributed by atoms with van der Waals surface area (Å²) in [6.07, 6.45) is 3.24. The van der Waals surface area contributed by atoms with Gasteiger partial charge in [-0.15, -0.1) is 0 Å². The number of ketones is 1. The van der Waals surface area contributed by atoms with Crippen LogP contribution in [0, 0.1) is 0 Å². The number of Topliss-reactive ketones (excluding diaryl/α,β-unsaturated/α-hetero) is 1. The summed E-state index contributed by atoms with van der Waals surface area (Å²) >= 11 is 0. The third-order valence-corrected chi connectivity index (χ3v) is 5.61. The average Bonchev–Trinajstić information content (AvgIpc) is 3.09. The predicted molar refractivity (Wildman–Crippen MR) is 120 cm³/mol. The first-order chi connectivity index (χ1) is 15.6. The number of carbonyl (C=O) groups is 2. The van der Waals surface area contributed by atoms with Gasteiger partial charge in [-0.05, 0) is 35.0 Å². The minimum Gasteiger partial charge on any atom is -0.507 e. The van der Waals surface area contributed by atoms with Crippen molar-refractivity contribution in [1.29, 1.82) is 0 Å². The molecule has 2 aromatic heterocycles. The monoisotopic (exact) mass is 421 g/mol. The first-order valence-corrected chi connectivity index (χ1v) is 10.2. The maximum absolute atomic E-state index is 13.2. The number of aliphatic hydroxyl groups excluding tert-OH is 1. The molecule has 5 rings (SSSR count). The van der Waals surface area contributed by atoms with E-state index in [-0.39, 0.29) is 17.9 Å². The molecule has 0 saturated carbocycles. The van der Waals surface area contributed by atoms with Crippen LogP contribution in [-0.4, -0.2) is 31.7 Å². The molecule has 6 nitrogen and oxygen atoms in total. The molecule has 32 heavy (non-hydrogen) atoms. The van der Waals surface area contributed by atoms with Crippen LogP contribution in [0.15, 0.2) is 96.8 Å². The molecule has 1 unspecified atom stereocenters. The second-order valence-electron chi connectivity index (χ2n) is 7.53. The minimum absolute atomic E-state index is 0.0287. The maximum atomic E-state index is 13.2. The first kappa shape index (κ1) is 19.6. The van der Waals surface area contributed by atoms with Gasteiger partial charge < -0.3 is 10.0 Å². The summed E-state index contributed by atoms with van der Waals surface area (Å²) in [6.45, 7) is 0.124. The summed E-state index contributed by atoms with van der Waals surface area (Å²) in [4.78, 5) is 36.4. The normalized spacial score (nSPS) is 17.8. The molecule has 1 atom stereocenters. The number of benzene rings is 2. The number of pyridine rings is 2. The zero-order valence-corrected chi connectivity index (χ0v) is 17.1. The summed E-state index contributed by atoms with van der Waals surface area (Å²) < 4.78 is 0. The van der Waals surface area contributed by atoms with E-state index >= 15 is 0 Å². The van der Waals surface area contributed by atoms with Gasteiger partial charge in [0.1, 0.15) is 11.8 Å². The lowest BCUT2D eigenvalue weighted by atomic mass is 9.95. The molecule has 156 valence electrons. The Bertz CT molecular complexity index is 1350. The topological polar surface area (TPSA) is 83.4 Å². The number of aliphatic hydroxyl groups is 1. The van der Waals surface area contributed by atoms with E-state index in [0.717, 1.165) is 10.8 Å². The molecule has 1 aliphatic heterocycles. The molecular weight excluding hydrogens is 402 g/mol. The van der Waals surface area contributed by atoms with Crippen molar-refractivity contribution in [2.45, 2.75) is 12.6 Å². The van der Waals surface area contributed by atoms with E-state index in [1.54, 1.807) is 48.8 Å². The van der Waals surface area contributed by atoms with Gasteiger partial charge in [0.25, 0.3) is 11.7 Å². The largest absolute Gasteiger partial charge is 0.507 e. The van der Waals surface area contributed by atoms with E-state index in [1.165, 1.54) is 4.90 Å². The number of carbonyl (C=O) groups excluding carboxylic acids is 2. The van der Waals surface area contributed by atoms with E-state index in [1.807, 2.05) is 42.5 Å². The highest BCUT2D eigenvalue weighted by Gasteiger charge is 2.47. The van der Waals surface area contributed by atoms with Crippen molar-refractivity contribution in [3.8, 4) is 0 Å². The van der Waals surface area contributed by atoms with Crippen LogP contribution in [0.5, 0.6) is 0 Å². The first-order valence-electron chi connectivity index (χ1n) is 10.2. The molecule has 1 saturated heterocycles. The molecule has 0 radical (unpaired) electrons. The van der Waals surface area contributed by atoms with Gasteiger partial charge >= 0.3 is 0 Å². The Kier molecular flexibility index (Phi) is 4.95. The Hall–Kier alpha value is -4.32. The van der Waals surface area contributed by atoms with E-state index in [2.05, 4.69) is 9.97 Å². The maximum Gasteiger partial charge on any atom is 0.296 e. The van der Waals surface area contributed by atoms with Crippen molar-refractivity contribution in [1.82, 2.24) is 14.9 Å². The third kappa shape index (κ3) is 3.32. The van der Waals surface area contributed by atoms with Crippen LogP contribution in [0.4, 0.5) is 0 Å². The molecule has 6 heteroatoms. The summed E-state index contributed by atoms with van der Waals surface area (Å²) in [5.74, 6) is -1.63. The van der Waals surface area contributed by atoms with E-state index < -0.39 is 17.7 Å². The van der Waals surface area contributed by atoms with Gasteiger partial charge in [-0.25, -0.2) is 0 Å². The van der Waals surface area contributed by atoms with Crippen LogP contribution >= 0.6 is 0 Å². The summed E-state index contributed by atoms with van der Waals surface area (Å²) in [5, 5.41) is 13.1. The quantitative estimate of drug-likeness (QED) is 0.303. The van der Waals surface area contributed by atoms with Gasteiger partial charge in [0.05, 0.1) is 23.5 Å². The van der Waals surface area contributed by atoms with Crippen molar-refractivity contribution in [3.63, 3.8) is 0 Å². The Labute approximate surface area is 184 Å². The molecule has 0 bridgehead atoms. The summed E-state index contributed by atoms with van der Waals surface area (Å²) in [7, 11) is 0. The standard InChI is InChI=1S/C26H19N3O3/c30-24(20-12-7-9-17-8-1-2-11-19(17)20)22-23(21-13-4-6-15-28-21)29(26(32)25(22)31)16-18-10-3-5-14-27-18/h1-15,23,30H,16H2/b24-22-. The van der Waals surface area contributed by atoms with Crippen molar-refractivity contribution in [2.24, 2.45) is 0 Å². The van der Waals surface area contributed by atoms with Crippen LogP contribution in [0.1, 0.15) is 23.0 Å². The predicted octanol–water partition coefficient (Wildman–Crippen LogP) is 4.25. The Morgan fingerprint density at radius 1 is 0.844 bits per heavy atom. The van der Waals surface area contributed by atoms with E-state index in [4.69, 9.17) is 0 Å². The zero-order valence-electron chi connectivity index (χ0n) is 17.1. The molecule has 0 spiro atoms. The fraction of sp³-hybridized carbons (Fsp3) is 0.0769. The van der Waals surface area contributed by atoms with Crippen LogP contribution in [0.3, 0.4) is 0 Å². The van der Waals surface area contributed by atoms with Crippen LogP contribution < -0.4 is 0 Å². The Morgan fingerprint density at radius 3 is 2.31 bits per heavy atom. The number of likely N-dealkylation sites (tertiary alicyclic amines) is 1. The van der Waals surface area contributed by atoms with E-state index in [9.17, 15) is 14.7 Å². The minimum atomic E-state index is -0.822. The number of amides is 1.